The van der Waals surface area contributed by atoms with Crippen LogP contribution in [0.2, 0.25) is 0 Å². The van der Waals surface area contributed by atoms with E-state index in [1.54, 1.807) is 12.3 Å². The molecule has 0 aliphatic carbocycles. The number of anilines is 1. The van der Waals surface area contributed by atoms with Crippen LogP contribution in [0.4, 0.5) is 5.82 Å². The third kappa shape index (κ3) is 2.55. The fraction of sp³-hybridized carbons (Fsp3) is 0.438. The molecular formula is C16H19N5O. The summed E-state index contributed by atoms with van der Waals surface area (Å²) >= 11 is 0. The number of pyridine rings is 1. The first-order chi connectivity index (χ1) is 10.6. The largest absolute Gasteiger partial charge is 0.371 e. The van der Waals surface area contributed by atoms with Gasteiger partial charge in [-0.2, -0.15) is 10.4 Å². The minimum Gasteiger partial charge on any atom is -0.371 e. The van der Waals surface area contributed by atoms with Gasteiger partial charge >= 0.3 is 0 Å². The molecule has 0 amide bonds. The van der Waals surface area contributed by atoms with E-state index in [4.69, 9.17) is 10.00 Å². The lowest BCUT2D eigenvalue weighted by Gasteiger charge is -2.21. The minimum atomic E-state index is -0.0221. The normalized spacial score (nSPS) is 20.8. The molecular weight excluding hydrogens is 278 g/mol. The summed E-state index contributed by atoms with van der Waals surface area (Å²) in [6, 6.07) is 5.82. The van der Waals surface area contributed by atoms with Crippen LogP contribution in [0.15, 0.2) is 18.3 Å². The Bertz CT molecular complexity index is 713. The third-order valence-electron chi connectivity index (χ3n) is 4.17. The first kappa shape index (κ1) is 14.5. The molecule has 114 valence electrons. The van der Waals surface area contributed by atoms with Gasteiger partial charge in [-0.25, -0.2) is 4.98 Å². The van der Waals surface area contributed by atoms with Crippen LogP contribution in [-0.2, 0) is 11.8 Å². The summed E-state index contributed by atoms with van der Waals surface area (Å²) in [6.07, 6.45) is 2.47. The number of hydrogen-bond donors (Lipinski definition) is 1. The van der Waals surface area contributed by atoms with E-state index >= 15 is 0 Å². The van der Waals surface area contributed by atoms with E-state index in [1.807, 2.05) is 24.7 Å². The van der Waals surface area contributed by atoms with E-state index in [-0.39, 0.29) is 12.1 Å². The van der Waals surface area contributed by atoms with Gasteiger partial charge in [-0.05, 0) is 32.4 Å². The Morgan fingerprint density at radius 1 is 1.41 bits per heavy atom. The summed E-state index contributed by atoms with van der Waals surface area (Å²) in [5, 5.41) is 16.7. The number of ether oxygens (including phenoxy) is 1. The number of nitrogens with one attached hydrogen (secondary N) is 1. The highest BCUT2D eigenvalue weighted by molar-refractivity contribution is 5.41. The zero-order valence-electron chi connectivity index (χ0n) is 13.0. The topological polar surface area (TPSA) is 75.8 Å². The second-order valence-electron chi connectivity index (χ2n) is 5.58. The van der Waals surface area contributed by atoms with E-state index in [0.29, 0.717) is 12.2 Å². The van der Waals surface area contributed by atoms with E-state index in [1.165, 1.54) is 0 Å². The van der Waals surface area contributed by atoms with Gasteiger partial charge in [0, 0.05) is 31.1 Å². The molecule has 0 bridgehead atoms. The Morgan fingerprint density at radius 3 is 2.82 bits per heavy atom. The molecule has 0 saturated carbocycles. The molecule has 1 aliphatic heterocycles. The van der Waals surface area contributed by atoms with E-state index < -0.39 is 0 Å². The van der Waals surface area contributed by atoms with Crippen molar-refractivity contribution >= 4 is 5.82 Å². The highest BCUT2D eigenvalue weighted by atomic mass is 16.5. The Hall–Kier alpha value is -2.39. The van der Waals surface area contributed by atoms with Gasteiger partial charge in [-0.1, -0.05) is 0 Å². The molecule has 0 radical (unpaired) electrons. The summed E-state index contributed by atoms with van der Waals surface area (Å²) in [7, 11) is 1.95. The van der Waals surface area contributed by atoms with Crippen LogP contribution in [0.1, 0.15) is 35.0 Å². The molecule has 0 aromatic carbocycles. The van der Waals surface area contributed by atoms with Gasteiger partial charge in [0.1, 0.15) is 18.0 Å². The number of rotatable bonds is 3. The molecule has 1 saturated heterocycles. The fourth-order valence-corrected chi connectivity index (χ4v) is 2.96. The number of nitriles is 1. The van der Waals surface area contributed by atoms with Crippen LogP contribution in [0.25, 0.3) is 0 Å². The standard InChI is InChI=1S/C16H19N5O/c1-10-15(11(2)21(3)20-10)16-13(6-7-22-16)19-14-5-4-12(8-17)9-18-14/h4-5,9,13,16H,6-7H2,1-3H3,(H,18,19)/t13-,16-/m0/s1. The Balaban J connectivity index is 1.82. The highest BCUT2D eigenvalue weighted by Gasteiger charge is 2.33. The second-order valence-corrected chi connectivity index (χ2v) is 5.58. The smallest absolute Gasteiger partial charge is 0.126 e. The number of hydrogen-bond acceptors (Lipinski definition) is 5. The molecule has 1 N–H and O–H groups in total. The third-order valence-corrected chi connectivity index (χ3v) is 4.17. The van der Waals surface area contributed by atoms with Crippen LogP contribution >= 0.6 is 0 Å². The lowest BCUT2D eigenvalue weighted by molar-refractivity contribution is 0.106. The van der Waals surface area contributed by atoms with Crippen LogP contribution in [0, 0.1) is 25.2 Å². The molecule has 6 nitrogen and oxygen atoms in total. The zero-order chi connectivity index (χ0) is 15.7. The van der Waals surface area contributed by atoms with Crippen molar-refractivity contribution in [2.24, 2.45) is 7.05 Å². The van der Waals surface area contributed by atoms with Crippen LogP contribution in [0.5, 0.6) is 0 Å². The van der Waals surface area contributed by atoms with Crippen molar-refractivity contribution in [1.29, 1.82) is 5.26 Å². The SMILES string of the molecule is Cc1nn(C)c(C)c1[C@H]1OCC[C@@H]1Nc1ccc(C#N)cn1. The lowest BCUT2D eigenvalue weighted by Crippen LogP contribution is -2.24. The van der Waals surface area contributed by atoms with Gasteiger partial charge in [-0.15, -0.1) is 0 Å². The molecule has 0 unspecified atom stereocenters. The predicted octanol–water partition coefficient (Wildman–Crippen LogP) is 2.25. The van der Waals surface area contributed by atoms with Crippen molar-refractivity contribution in [3.05, 3.63) is 40.8 Å². The number of aromatic nitrogens is 3. The van der Waals surface area contributed by atoms with Crippen molar-refractivity contribution < 1.29 is 4.74 Å². The van der Waals surface area contributed by atoms with Crippen LogP contribution in [0.3, 0.4) is 0 Å². The molecule has 6 heteroatoms. The monoisotopic (exact) mass is 297 g/mol. The molecule has 0 spiro atoms. The van der Waals surface area contributed by atoms with Crippen molar-refractivity contribution in [2.45, 2.75) is 32.4 Å². The van der Waals surface area contributed by atoms with E-state index in [0.717, 1.165) is 29.2 Å². The zero-order valence-corrected chi connectivity index (χ0v) is 13.0. The Morgan fingerprint density at radius 2 is 2.23 bits per heavy atom. The van der Waals surface area contributed by atoms with Gasteiger partial charge in [0.25, 0.3) is 0 Å². The molecule has 2 atom stereocenters. The molecule has 3 heterocycles. The average Bonchev–Trinajstić information content (AvgIpc) is 3.05. The summed E-state index contributed by atoms with van der Waals surface area (Å²) in [5.41, 5.74) is 3.85. The first-order valence-corrected chi connectivity index (χ1v) is 7.34. The summed E-state index contributed by atoms with van der Waals surface area (Å²) in [4.78, 5) is 4.28. The lowest BCUT2D eigenvalue weighted by atomic mass is 10.0. The minimum absolute atomic E-state index is 0.0221. The number of nitrogens with zero attached hydrogens (tertiary/aromatic N) is 4. The second kappa shape index (κ2) is 5.78. The van der Waals surface area contributed by atoms with Gasteiger partial charge in [0.15, 0.2) is 0 Å². The van der Waals surface area contributed by atoms with Crippen molar-refractivity contribution in [3.8, 4) is 6.07 Å². The van der Waals surface area contributed by atoms with Gasteiger partial charge in [0.2, 0.25) is 0 Å². The molecule has 2 aromatic rings. The number of aryl methyl sites for hydroxylation is 2. The average molecular weight is 297 g/mol. The van der Waals surface area contributed by atoms with Crippen molar-refractivity contribution in [1.82, 2.24) is 14.8 Å². The van der Waals surface area contributed by atoms with Gasteiger partial charge in [-0.3, -0.25) is 4.68 Å². The molecule has 3 rings (SSSR count). The molecule has 1 aliphatic rings. The van der Waals surface area contributed by atoms with E-state index in [2.05, 4.69) is 28.4 Å². The van der Waals surface area contributed by atoms with Crippen molar-refractivity contribution in [2.75, 3.05) is 11.9 Å². The predicted molar refractivity (Wildman–Crippen MR) is 82.4 cm³/mol. The van der Waals surface area contributed by atoms with Gasteiger partial charge in [0.05, 0.1) is 17.3 Å². The fourth-order valence-electron chi connectivity index (χ4n) is 2.96. The van der Waals surface area contributed by atoms with Crippen LogP contribution < -0.4 is 5.32 Å². The maximum absolute atomic E-state index is 8.83. The first-order valence-electron chi connectivity index (χ1n) is 7.34. The summed E-state index contributed by atoms with van der Waals surface area (Å²) < 4.78 is 7.84. The molecule has 2 aromatic heterocycles. The molecule has 1 fully saturated rings. The Kier molecular flexibility index (Phi) is 3.82. The van der Waals surface area contributed by atoms with Crippen molar-refractivity contribution in [3.63, 3.8) is 0 Å². The summed E-state index contributed by atoms with van der Waals surface area (Å²) in [6.45, 7) is 4.79. The molecule has 22 heavy (non-hydrogen) atoms. The van der Waals surface area contributed by atoms with E-state index in [9.17, 15) is 0 Å². The Labute approximate surface area is 129 Å². The maximum atomic E-state index is 8.83. The highest BCUT2D eigenvalue weighted by Crippen LogP contribution is 2.34. The van der Waals surface area contributed by atoms with Crippen LogP contribution in [-0.4, -0.2) is 27.4 Å². The quantitative estimate of drug-likeness (QED) is 0.940. The maximum Gasteiger partial charge on any atom is 0.126 e. The summed E-state index contributed by atoms with van der Waals surface area (Å²) in [5.74, 6) is 0.763. The van der Waals surface area contributed by atoms with Gasteiger partial charge < -0.3 is 10.1 Å².